The first-order chi connectivity index (χ1) is 9.73. The summed E-state index contributed by atoms with van der Waals surface area (Å²) in [6.45, 7) is 1.84. The van der Waals surface area contributed by atoms with Gasteiger partial charge < -0.3 is 5.11 Å². The van der Waals surface area contributed by atoms with Gasteiger partial charge in [-0.05, 0) is 31.4 Å². The molecule has 7 nitrogen and oxygen atoms in total. The van der Waals surface area contributed by atoms with Crippen molar-refractivity contribution in [3.8, 4) is 0 Å². The average molecular weight is 318 g/mol. The molecule has 0 aromatic heterocycles. The molecule has 1 heterocycles. The smallest absolute Gasteiger partial charge is 0.292 e. The molecule has 0 aliphatic carbocycles. The molecule has 1 aliphatic rings. The van der Waals surface area contributed by atoms with Crippen LogP contribution in [0.2, 0.25) is 0 Å². The topological polar surface area (TPSA) is 101 Å². The molecule has 21 heavy (non-hydrogen) atoms. The Morgan fingerprint density at radius 2 is 2.19 bits per heavy atom. The molecule has 9 heteroatoms. The first kappa shape index (κ1) is 15.8. The van der Waals surface area contributed by atoms with Gasteiger partial charge in [-0.25, -0.2) is 12.8 Å². The average Bonchev–Trinajstić information content (AvgIpc) is 2.88. The maximum absolute atomic E-state index is 13.1. The van der Waals surface area contributed by atoms with Crippen molar-refractivity contribution in [2.45, 2.75) is 24.3 Å². The molecule has 0 saturated carbocycles. The summed E-state index contributed by atoms with van der Waals surface area (Å²) in [5, 5.41) is 20.4. The van der Waals surface area contributed by atoms with Crippen LogP contribution in [0.4, 0.5) is 10.1 Å². The molecular formula is C12H15FN2O5S. The van der Waals surface area contributed by atoms with E-state index in [9.17, 15) is 28.0 Å². The third kappa shape index (κ3) is 3.04. The molecule has 0 amide bonds. The van der Waals surface area contributed by atoms with Crippen LogP contribution in [0.25, 0.3) is 0 Å². The summed E-state index contributed by atoms with van der Waals surface area (Å²) in [5.74, 6) is -1.08. The monoisotopic (exact) mass is 318 g/mol. The second kappa shape index (κ2) is 5.66. The highest BCUT2D eigenvalue weighted by molar-refractivity contribution is 7.89. The number of nitro benzene ring substituents is 1. The Morgan fingerprint density at radius 3 is 2.71 bits per heavy atom. The van der Waals surface area contributed by atoms with E-state index in [2.05, 4.69) is 0 Å². The fourth-order valence-corrected chi connectivity index (χ4v) is 4.01. The van der Waals surface area contributed by atoms with Gasteiger partial charge in [-0.3, -0.25) is 10.1 Å². The van der Waals surface area contributed by atoms with E-state index in [0.29, 0.717) is 12.5 Å². The standard InChI is InChI=1S/C12H15FN2O5S/c1-8(16)9-4-5-14(7-9)21(19,20)12-3-2-10(13)6-11(12)15(17)18/h2-3,6,8-9,16H,4-5,7H2,1H3. The molecule has 1 aliphatic heterocycles. The molecule has 2 rings (SSSR count). The number of sulfonamides is 1. The van der Waals surface area contributed by atoms with Crippen molar-refractivity contribution in [2.24, 2.45) is 5.92 Å². The lowest BCUT2D eigenvalue weighted by Gasteiger charge is -2.17. The van der Waals surface area contributed by atoms with Crippen LogP contribution in [-0.4, -0.2) is 41.9 Å². The minimum absolute atomic E-state index is 0.0918. The van der Waals surface area contributed by atoms with Crippen molar-refractivity contribution in [3.05, 3.63) is 34.1 Å². The molecular weight excluding hydrogens is 303 g/mol. The highest BCUT2D eigenvalue weighted by Crippen LogP contribution is 2.31. The number of aliphatic hydroxyl groups is 1. The Balaban J connectivity index is 2.39. The van der Waals surface area contributed by atoms with E-state index in [1.165, 1.54) is 0 Å². The second-order valence-electron chi connectivity index (χ2n) is 5.02. The number of nitrogens with zero attached hydrogens (tertiary/aromatic N) is 2. The van der Waals surface area contributed by atoms with Crippen molar-refractivity contribution in [2.75, 3.05) is 13.1 Å². The van der Waals surface area contributed by atoms with Gasteiger partial charge in [-0.15, -0.1) is 0 Å². The second-order valence-corrected chi connectivity index (χ2v) is 6.93. The van der Waals surface area contributed by atoms with Gasteiger partial charge in [0.05, 0.1) is 17.1 Å². The Bertz CT molecular complexity index is 662. The van der Waals surface area contributed by atoms with Gasteiger partial charge in [0.1, 0.15) is 5.82 Å². The Labute approximate surface area is 121 Å². The van der Waals surface area contributed by atoms with Crippen LogP contribution >= 0.6 is 0 Å². The molecule has 2 unspecified atom stereocenters. The zero-order chi connectivity index (χ0) is 15.8. The molecule has 1 fully saturated rings. The Kier molecular flexibility index (Phi) is 4.26. The molecule has 2 atom stereocenters. The number of hydrogen-bond acceptors (Lipinski definition) is 5. The van der Waals surface area contributed by atoms with E-state index in [1.807, 2.05) is 0 Å². The number of hydrogen-bond donors (Lipinski definition) is 1. The minimum Gasteiger partial charge on any atom is -0.393 e. The van der Waals surface area contributed by atoms with E-state index in [4.69, 9.17) is 0 Å². The fourth-order valence-electron chi connectivity index (χ4n) is 2.36. The number of rotatable bonds is 4. The van der Waals surface area contributed by atoms with Crippen LogP contribution in [0.1, 0.15) is 13.3 Å². The summed E-state index contributed by atoms with van der Waals surface area (Å²) in [4.78, 5) is 9.48. The third-order valence-corrected chi connectivity index (χ3v) is 5.52. The van der Waals surface area contributed by atoms with Crippen molar-refractivity contribution >= 4 is 15.7 Å². The molecule has 116 valence electrons. The summed E-state index contributed by atoms with van der Waals surface area (Å²) in [6.07, 6.45) is -0.181. The van der Waals surface area contributed by atoms with Crippen molar-refractivity contribution in [1.82, 2.24) is 4.31 Å². The van der Waals surface area contributed by atoms with Crippen molar-refractivity contribution in [1.29, 1.82) is 0 Å². The lowest BCUT2D eigenvalue weighted by molar-refractivity contribution is -0.388. The minimum atomic E-state index is -4.08. The van der Waals surface area contributed by atoms with E-state index < -0.39 is 37.5 Å². The zero-order valence-electron chi connectivity index (χ0n) is 11.3. The highest BCUT2D eigenvalue weighted by Gasteiger charge is 2.37. The van der Waals surface area contributed by atoms with Crippen molar-refractivity contribution in [3.63, 3.8) is 0 Å². The van der Waals surface area contributed by atoms with Gasteiger partial charge in [0.2, 0.25) is 10.0 Å². The van der Waals surface area contributed by atoms with Crippen LogP contribution in [0.15, 0.2) is 23.1 Å². The number of nitro groups is 1. The van der Waals surface area contributed by atoms with Crippen LogP contribution in [0.5, 0.6) is 0 Å². The molecule has 1 aromatic carbocycles. The molecule has 0 spiro atoms. The van der Waals surface area contributed by atoms with Crippen LogP contribution in [0.3, 0.4) is 0 Å². The van der Waals surface area contributed by atoms with Crippen LogP contribution in [-0.2, 0) is 10.0 Å². The maximum atomic E-state index is 13.1. The van der Waals surface area contributed by atoms with Gasteiger partial charge in [0.15, 0.2) is 4.90 Å². The largest absolute Gasteiger partial charge is 0.393 e. The molecule has 0 bridgehead atoms. The molecule has 1 saturated heterocycles. The van der Waals surface area contributed by atoms with E-state index >= 15 is 0 Å². The molecule has 0 radical (unpaired) electrons. The highest BCUT2D eigenvalue weighted by atomic mass is 32.2. The predicted molar refractivity (Wildman–Crippen MR) is 71.6 cm³/mol. The number of aliphatic hydroxyl groups excluding tert-OH is 1. The Morgan fingerprint density at radius 1 is 1.52 bits per heavy atom. The van der Waals surface area contributed by atoms with E-state index in [0.717, 1.165) is 16.4 Å². The zero-order valence-corrected chi connectivity index (χ0v) is 12.1. The summed E-state index contributed by atoms with van der Waals surface area (Å²) in [7, 11) is -4.08. The summed E-state index contributed by atoms with van der Waals surface area (Å²) < 4.78 is 39.1. The lowest BCUT2D eigenvalue weighted by atomic mass is 10.0. The van der Waals surface area contributed by atoms with E-state index in [1.54, 1.807) is 6.92 Å². The quantitative estimate of drug-likeness (QED) is 0.662. The summed E-state index contributed by atoms with van der Waals surface area (Å²) >= 11 is 0. The van der Waals surface area contributed by atoms with E-state index in [-0.39, 0.29) is 19.0 Å². The first-order valence-corrected chi connectivity index (χ1v) is 7.79. The summed E-state index contributed by atoms with van der Waals surface area (Å²) in [5.41, 5.74) is -0.782. The van der Waals surface area contributed by atoms with Gasteiger partial charge >= 0.3 is 0 Å². The van der Waals surface area contributed by atoms with Crippen LogP contribution < -0.4 is 0 Å². The summed E-state index contributed by atoms with van der Waals surface area (Å²) in [6, 6.07) is 2.37. The number of benzene rings is 1. The lowest BCUT2D eigenvalue weighted by Crippen LogP contribution is -2.31. The van der Waals surface area contributed by atoms with Crippen LogP contribution in [0, 0.1) is 21.8 Å². The molecule has 1 aromatic rings. The fraction of sp³-hybridized carbons (Fsp3) is 0.500. The Hall–Kier alpha value is -1.58. The maximum Gasteiger partial charge on any atom is 0.292 e. The van der Waals surface area contributed by atoms with Crippen molar-refractivity contribution < 1.29 is 22.8 Å². The molecule has 1 N–H and O–H groups in total. The van der Waals surface area contributed by atoms with Gasteiger partial charge in [-0.1, -0.05) is 0 Å². The third-order valence-electron chi connectivity index (χ3n) is 3.61. The van der Waals surface area contributed by atoms with Gasteiger partial charge in [0, 0.05) is 13.1 Å². The SMILES string of the molecule is CC(O)C1CCN(S(=O)(=O)c2ccc(F)cc2[N+](=O)[O-])C1. The normalized spacial score (nSPS) is 21.4. The van der Waals surface area contributed by atoms with Gasteiger partial charge in [0.25, 0.3) is 5.69 Å². The van der Waals surface area contributed by atoms with Gasteiger partial charge in [-0.2, -0.15) is 4.31 Å². The first-order valence-electron chi connectivity index (χ1n) is 6.35. The predicted octanol–water partition coefficient (Wildman–Crippen LogP) is 1.13. The number of halogens is 1.